The van der Waals surface area contributed by atoms with Gasteiger partial charge in [0, 0.05) is 12.5 Å². The zero-order valence-corrected chi connectivity index (χ0v) is 12.0. The van der Waals surface area contributed by atoms with E-state index in [0.29, 0.717) is 6.61 Å². The van der Waals surface area contributed by atoms with Gasteiger partial charge < -0.3 is 14.4 Å². The van der Waals surface area contributed by atoms with Crippen molar-refractivity contribution in [1.82, 2.24) is 4.90 Å². The number of fused-ring (bicyclic) bond motifs is 2. The van der Waals surface area contributed by atoms with Gasteiger partial charge >= 0.3 is 11.9 Å². The number of nitrogens with zero attached hydrogens (tertiary/aromatic N) is 1. The van der Waals surface area contributed by atoms with Crippen LogP contribution in [-0.2, 0) is 23.9 Å². The fourth-order valence-electron chi connectivity index (χ4n) is 3.34. The summed E-state index contributed by atoms with van der Waals surface area (Å²) < 4.78 is 9.62. The molecule has 1 aliphatic heterocycles. The van der Waals surface area contributed by atoms with Crippen molar-refractivity contribution in [3.8, 4) is 0 Å². The molecule has 2 aliphatic rings. The van der Waals surface area contributed by atoms with Gasteiger partial charge in [-0.3, -0.25) is 9.59 Å². The maximum atomic E-state index is 12.3. The molecule has 1 aliphatic carbocycles. The first-order valence-corrected chi connectivity index (χ1v) is 7.13. The topological polar surface area (TPSA) is 72.9 Å². The van der Waals surface area contributed by atoms with E-state index in [4.69, 9.17) is 9.47 Å². The minimum Gasteiger partial charge on any atom is -0.467 e. The summed E-state index contributed by atoms with van der Waals surface area (Å²) in [6.45, 7) is 2.04. The summed E-state index contributed by atoms with van der Waals surface area (Å²) in [4.78, 5) is 37.1. The second-order valence-corrected chi connectivity index (χ2v) is 5.30. The fraction of sp³-hybridized carbons (Fsp3) is 0.786. The Morgan fingerprint density at radius 1 is 1.20 bits per heavy atom. The van der Waals surface area contributed by atoms with Gasteiger partial charge in [0.25, 0.3) is 0 Å². The van der Waals surface area contributed by atoms with Crippen LogP contribution in [0.4, 0.5) is 0 Å². The van der Waals surface area contributed by atoms with Crippen LogP contribution in [0.15, 0.2) is 0 Å². The highest BCUT2D eigenvalue weighted by Crippen LogP contribution is 2.43. The van der Waals surface area contributed by atoms with Crippen LogP contribution in [-0.4, -0.2) is 48.5 Å². The van der Waals surface area contributed by atoms with Crippen LogP contribution in [0.5, 0.6) is 0 Å². The molecular formula is C14H21NO5. The van der Waals surface area contributed by atoms with Crippen LogP contribution in [0, 0.1) is 5.92 Å². The lowest BCUT2D eigenvalue weighted by Gasteiger charge is -2.33. The van der Waals surface area contributed by atoms with E-state index in [0.717, 1.165) is 19.3 Å². The van der Waals surface area contributed by atoms with Crippen molar-refractivity contribution >= 4 is 17.8 Å². The molecule has 0 spiro atoms. The SMILES string of the molecule is CCOC(=O)CCC(=O)N1C2CCC(C2)C1C(=O)OC. The zero-order valence-electron chi connectivity index (χ0n) is 12.0. The summed E-state index contributed by atoms with van der Waals surface area (Å²) in [7, 11) is 1.34. The average Bonchev–Trinajstić information content (AvgIpc) is 3.04. The van der Waals surface area contributed by atoms with Gasteiger partial charge in [-0.05, 0) is 32.1 Å². The Bertz CT molecular complexity index is 408. The van der Waals surface area contributed by atoms with Crippen molar-refractivity contribution in [1.29, 1.82) is 0 Å². The van der Waals surface area contributed by atoms with Gasteiger partial charge in [0.2, 0.25) is 5.91 Å². The Hall–Kier alpha value is -1.59. The molecule has 2 rings (SSSR count). The highest BCUT2D eigenvalue weighted by Gasteiger charge is 2.51. The molecule has 0 radical (unpaired) electrons. The number of methoxy groups -OCH3 is 1. The lowest BCUT2D eigenvalue weighted by atomic mass is 9.98. The monoisotopic (exact) mass is 283 g/mol. The van der Waals surface area contributed by atoms with E-state index in [-0.39, 0.29) is 42.6 Å². The highest BCUT2D eigenvalue weighted by molar-refractivity contribution is 5.87. The van der Waals surface area contributed by atoms with Gasteiger partial charge in [-0.2, -0.15) is 0 Å². The van der Waals surface area contributed by atoms with Gasteiger partial charge in [-0.1, -0.05) is 0 Å². The van der Waals surface area contributed by atoms with Crippen LogP contribution in [0.1, 0.15) is 39.0 Å². The molecule has 0 aromatic heterocycles. The molecule has 3 atom stereocenters. The second-order valence-electron chi connectivity index (χ2n) is 5.30. The van der Waals surface area contributed by atoms with Crippen molar-refractivity contribution < 1.29 is 23.9 Å². The normalized spacial score (nSPS) is 27.5. The summed E-state index contributed by atoms with van der Waals surface area (Å²) in [6.07, 6.45) is 2.92. The van der Waals surface area contributed by atoms with Crippen molar-refractivity contribution in [2.45, 2.75) is 51.1 Å². The minimum absolute atomic E-state index is 0.0639. The molecule has 1 heterocycles. The smallest absolute Gasteiger partial charge is 0.328 e. The van der Waals surface area contributed by atoms with E-state index in [9.17, 15) is 14.4 Å². The zero-order chi connectivity index (χ0) is 14.7. The number of likely N-dealkylation sites (tertiary alicyclic amines) is 1. The molecule has 112 valence electrons. The van der Waals surface area contributed by atoms with Gasteiger partial charge in [-0.15, -0.1) is 0 Å². The molecule has 1 saturated heterocycles. The quantitative estimate of drug-likeness (QED) is 0.700. The Balaban J connectivity index is 1.97. The van der Waals surface area contributed by atoms with Crippen molar-refractivity contribution in [3.05, 3.63) is 0 Å². The van der Waals surface area contributed by atoms with Crippen LogP contribution < -0.4 is 0 Å². The first-order chi connectivity index (χ1) is 9.58. The maximum Gasteiger partial charge on any atom is 0.328 e. The predicted molar refractivity (Wildman–Crippen MR) is 69.6 cm³/mol. The van der Waals surface area contributed by atoms with E-state index in [1.54, 1.807) is 11.8 Å². The van der Waals surface area contributed by atoms with E-state index >= 15 is 0 Å². The largest absolute Gasteiger partial charge is 0.467 e. The Kier molecular flexibility index (Phi) is 4.62. The van der Waals surface area contributed by atoms with Crippen LogP contribution >= 0.6 is 0 Å². The van der Waals surface area contributed by atoms with E-state index in [1.165, 1.54) is 7.11 Å². The molecule has 1 amide bonds. The average molecular weight is 283 g/mol. The van der Waals surface area contributed by atoms with Crippen molar-refractivity contribution in [2.75, 3.05) is 13.7 Å². The molecule has 6 heteroatoms. The van der Waals surface area contributed by atoms with Crippen LogP contribution in [0.3, 0.4) is 0 Å². The number of esters is 2. The number of hydrogen-bond donors (Lipinski definition) is 0. The van der Waals surface area contributed by atoms with Crippen molar-refractivity contribution in [3.63, 3.8) is 0 Å². The summed E-state index contributed by atoms with van der Waals surface area (Å²) >= 11 is 0. The molecule has 20 heavy (non-hydrogen) atoms. The highest BCUT2D eigenvalue weighted by atomic mass is 16.5. The van der Waals surface area contributed by atoms with E-state index in [1.807, 2.05) is 0 Å². The molecule has 1 saturated carbocycles. The molecule has 2 bridgehead atoms. The number of carbonyl (C=O) groups is 3. The standard InChI is InChI=1S/C14H21NO5/c1-3-20-12(17)7-6-11(16)15-10-5-4-9(8-10)13(15)14(18)19-2/h9-10,13H,3-8H2,1-2H3. The molecular weight excluding hydrogens is 262 g/mol. The van der Waals surface area contributed by atoms with Crippen LogP contribution in [0.25, 0.3) is 0 Å². The molecule has 0 aromatic carbocycles. The predicted octanol–water partition coefficient (Wildman–Crippen LogP) is 0.882. The minimum atomic E-state index is -0.464. The lowest BCUT2D eigenvalue weighted by Crippen LogP contribution is -2.49. The second kappa shape index (κ2) is 6.24. The Morgan fingerprint density at radius 3 is 2.60 bits per heavy atom. The lowest BCUT2D eigenvalue weighted by molar-refractivity contribution is -0.155. The number of carbonyl (C=O) groups excluding carboxylic acids is 3. The summed E-state index contributed by atoms with van der Waals surface area (Å²) in [5.74, 6) is -0.666. The van der Waals surface area contributed by atoms with Crippen LogP contribution in [0.2, 0.25) is 0 Å². The first kappa shape index (κ1) is 14.8. The molecule has 3 unspecified atom stereocenters. The van der Waals surface area contributed by atoms with Crippen molar-refractivity contribution in [2.24, 2.45) is 5.92 Å². The fourth-order valence-corrected chi connectivity index (χ4v) is 3.34. The number of hydrogen-bond acceptors (Lipinski definition) is 5. The molecule has 0 N–H and O–H groups in total. The number of ether oxygens (including phenoxy) is 2. The van der Waals surface area contributed by atoms with E-state index < -0.39 is 6.04 Å². The van der Waals surface area contributed by atoms with Gasteiger partial charge in [-0.25, -0.2) is 4.79 Å². The number of amides is 1. The summed E-state index contributed by atoms with van der Waals surface area (Å²) in [5.41, 5.74) is 0. The van der Waals surface area contributed by atoms with Gasteiger partial charge in [0.15, 0.2) is 0 Å². The summed E-state index contributed by atoms with van der Waals surface area (Å²) in [6, 6.07) is -0.341. The maximum absolute atomic E-state index is 12.3. The third-order valence-corrected chi connectivity index (χ3v) is 4.16. The van der Waals surface area contributed by atoms with E-state index in [2.05, 4.69) is 0 Å². The molecule has 2 fully saturated rings. The Labute approximate surface area is 118 Å². The molecule has 6 nitrogen and oxygen atoms in total. The third kappa shape index (κ3) is 2.78. The molecule has 0 aromatic rings. The van der Waals surface area contributed by atoms with Gasteiger partial charge in [0.05, 0.1) is 20.1 Å². The van der Waals surface area contributed by atoms with Gasteiger partial charge in [0.1, 0.15) is 6.04 Å². The summed E-state index contributed by atoms with van der Waals surface area (Å²) in [5, 5.41) is 0. The number of piperidine rings is 1. The third-order valence-electron chi connectivity index (χ3n) is 4.16. The number of rotatable bonds is 5. The first-order valence-electron chi connectivity index (χ1n) is 7.13. The Morgan fingerprint density at radius 2 is 1.95 bits per heavy atom.